The van der Waals surface area contributed by atoms with Crippen LogP contribution < -0.4 is 26.4 Å². The number of rotatable bonds is 11. The van der Waals surface area contributed by atoms with Crippen LogP contribution in [0.5, 0.6) is 0 Å². The summed E-state index contributed by atoms with van der Waals surface area (Å²) in [6.07, 6.45) is 9.81. The van der Waals surface area contributed by atoms with Crippen molar-refractivity contribution >= 4 is 40.9 Å². The fourth-order valence-corrected chi connectivity index (χ4v) is 11.1. The average molecular weight is 902 g/mol. The Morgan fingerprint density at radius 1 is 0.864 bits per heavy atom. The molecule has 2 aromatic carbocycles. The van der Waals surface area contributed by atoms with Gasteiger partial charge in [-0.25, -0.2) is 8.78 Å². The molecule has 3 amide bonds. The summed E-state index contributed by atoms with van der Waals surface area (Å²) in [5, 5.41) is 8.40. The van der Waals surface area contributed by atoms with Gasteiger partial charge in [0.05, 0.1) is 17.1 Å². The largest absolute Gasteiger partial charge is 0.388 e. The number of benzene rings is 2. The predicted molar refractivity (Wildman–Crippen MR) is 253 cm³/mol. The molecule has 4 aromatic rings. The molecule has 5 aliphatic rings. The summed E-state index contributed by atoms with van der Waals surface area (Å²) in [5.74, 6) is -0.834. The Balaban J connectivity index is 0.742. The highest BCUT2D eigenvalue weighted by Gasteiger charge is 2.35. The lowest BCUT2D eigenvalue weighted by Crippen LogP contribution is -2.49. The van der Waals surface area contributed by atoms with Crippen LogP contribution in [0.25, 0.3) is 11.8 Å². The van der Waals surface area contributed by atoms with Crippen molar-refractivity contribution < 1.29 is 23.2 Å². The van der Waals surface area contributed by atoms with Crippen molar-refractivity contribution in [3.63, 3.8) is 0 Å². The molecule has 66 heavy (non-hydrogen) atoms. The van der Waals surface area contributed by atoms with E-state index in [1.54, 1.807) is 42.2 Å². The molecule has 348 valence electrons. The van der Waals surface area contributed by atoms with Gasteiger partial charge in [-0.2, -0.15) is 0 Å². The third-order valence-electron chi connectivity index (χ3n) is 14.9. The number of nitrogens with zero attached hydrogens (tertiary/aromatic N) is 6. The minimum absolute atomic E-state index is 0.0665. The van der Waals surface area contributed by atoms with E-state index in [0.29, 0.717) is 55.5 Å². The van der Waals surface area contributed by atoms with Gasteiger partial charge in [0.2, 0.25) is 11.8 Å². The maximum Gasteiger partial charge on any atom is 0.257 e. The van der Waals surface area contributed by atoms with Gasteiger partial charge in [0.1, 0.15) is 17.7 Å². The molecule has 0 spiro atoms. The number of pyridine rings is 2. The molecule has 3 unspecified atom stereocenters. The summed E-state index contributed by atoms with van der Waals surface area (Å²) < 4.78 is 33.0. The highest BCUT2D eigenvalue weighted by Crippen LogP contribution is 2.42. The molecule has 4 saturated heterocycles. The molecule has 6 heterocycles. The predicted octanol–water partition coefficient (Wildman–Crippen LogP) is 6.52. The quantitative estimate of drug-likeness (QED) is 0.143. The van der Waals surface area contributed by atoms with Crippen LogP contribution in [0.3, 0.4) is 0 Å². The summed E-state index contributed by atoms with van der Waals surface area (Å²) in [4.78, 5) is 64.0. The number of carbonyl (C=O) groups is 3. The topological polar surface area (TPSA) is 135 Å². The van der Waals surface area contributed by atoms with E-state index in [2.05, 4.69) is 50.6 Å². The van der Waals surface area contributed by atoms with Gasteiger partial charge in [0, 0.05) is 112 Å². The molecule has 15 heteroatoms. The number of imide groups is 1. The van der Waals surface area contributed by atoms with Gasteiger partial charge < -0.3 is 20.4 Å². The van der Waals surface area contributed by atoms with Crippen LogP contribution in [0.4, 0.5) is 25.8 Å². The Labute approximate surface area is 385 Å². The summed E-state index contributed by atoms with van der Waals surface area (Å²) in [7, 11) is 1.80. The second-order valence-corrected chi connectivity index (χ2v) is 18.9. The van der Waals surface area contributed by atoms with E-state index in [1.165, 1.54) is 17.7 Å². The van der Waals surface area contributed by atoms with Crippen molar-refractivity contribution in [1.29, 1.82) is 0 Å². The maximum absolute atomic E-state index is 16.1. The number of carbonyl (C=O) groups excluding carboxylic acids is 3. The minimum atomic E-state index is -0.569. The van der Waals surface area contributed by atoms with E-state index < -0.39 is 11.9 Å². The zero-order valence-corrected chi connectivity index (χ0v) is 38.4. The number of hydrogen-bond donors (Lipinski definition) is 3. The molecule has 1 aliphatic carbocycles. The summed E-state index contributed by atoms with van der Waals surface area (Å²) in [6.45, 7) is 13.2. The van der Waals surface area contributed by atoms with Crippen molar-refractivity contribution in [2.24, 2.45) is 5.92 Å². The van der Waals surface area contributed by atoms with Gasteiger partial charge in [0.15, 0.2) is 0 Å². The van der Waals surface area contributed by atoms with E-state index >= 15 is 8.78 Å². The van der Waals surface area contributed by atoms with E-state index in [1.807, 2.05) is 30.0 Å². The molecular weight excluding hydrogens is 841 g/mol. The first-order valence-electron chi connectivity index (χ1n) is 23.7. The molecule has 4 fully saturated rings. The number of anilines is 3. The van der Waals surface area contributed by atoms with Gasteiger partial charge in [-0.3, -0.25) is 43.8 Å². The van der Waals surface area contributed by atoms with Crippen molar-refractivity contribution in [2.75, 3.05) is 81.5 Å². The van der Waals surface area contributed by atoms with Gasteiger partial charge in [0.25, 0.3) is 11.5 Å². The number of piperidine rings is 3. The lowest BCUT2D eigenvalue weighted by atomic mass is 9.84. The minimum Gasteiger partial charge on any atom is -0.388 e. The van der Waals surface area contributed by atoms with E-state index in [9.17, 15) is 19.2 Å². The number of likely N-dealkylation sites (tertiary alicyclic amines) is 2. The molecule has 0 saturated carbocycles. The Morgan fingerprint density at radius 3 is 2.30 bits per heavy atom. The number of hydrogen-bond acceptors (Lipinski definition) is 10. The van der Waals surface area contributed by atoms with Crippen LogP contribution in [0.1, 0.15) is 97.0 Å². The molecule has 4 aliphatic heterocycles. The smallest absolute Gasteiger partial charge is 0.257 e. The first kappa shape index (κ1) is 45.2. The lowest BCUT2D eigenvalue weighted by Gasteiger charge is -2.40. The van der Waals surface area contributed by atoms with E-state index in [-0.39, 0.29) is 53.3 Å². The van der Waals surface area contributed by atoms with Crippen LogP contribution in [0.15, 0.2) is 71.3 Å². The Hall–Kier alpha value is -5.93. The zero-order valence-electron chi connectivity index (χ0n) is 38.4. The molecule has 3 N–H and O–H groups in total. The van der Waals surface area contributed by atoms with Crippen LogP contribution in [-0.4, -0.2) is 120 Å². The third kappa shape index (κ3) is 9.24. The van der Waals surface area contributed by atoms with Crippen molar-refractivity contribution in [1.82, 2.24) is 29.6 Å². The second-order valence-electron chi connectivity index (χ2n) is 18.9. The molecule has 0 radical (unpaired) electrons. The monoisotopic (exact) mass is 901 g/mol. The van der Waals surface area contributed by atoms with Crippen LogP contribution in [0.2, 0.25) is 0 Å². The van der Waals surface area contributed by atoms with Crippen molar-refractivity contribution in [3.8, 4) is 5.69 Å². The SMILES string of the molecule is CNc1ccn(-c2ccnc3c2C=C(C(C)N2CCC(c4c(C)cc(C(=O)N5CCC(CN6CCN(c7ccc(NC8CCC(=O)NC8=O)cc7F)CC6)CC5)cc4F)CC2)C3C)c(=O)c1. The molecule has 3 atom stereocenters. The van der Waals surface area contributed by atoms with Crippen LogP contribution in [0, 0.1) is 24.5 Å². The third-order valence-corrected chi connectivity index (χ3v) is 14.9. The molecule has 2 aromatic heterocycles. The molecule has 13 nitrogen and oxygen atoms in total. The number of aryl methyl sites for hydroxylation is 1. The summed E-state index contributed by atoms with van der Waals surface area (Å²) in [5.41, 5.74) is 7.71. The summed E-state index contributed by atoms with van der Waals surface area (Å²) in [6, 6.07) is 13.2. The number of piperazine rings is 1. The Morgan fingerprint density at radius 2 is 1.62 bits per heavy atom. The second kappa shape index (κ2) is 19.1. The maximum atomic E-state index is 16.1. The highest BCUT2D eigenvalue weighted by molar-refractivity contribution is 6.01. The number of aromatic nitrogens is 2. The Kier molecular flexibility index (Phi) is 13.1. The van der Waals surface area contributed by atoms with E-state index in [0.717, 1.165) is 92.2 Å². The molecule has 9 rings (SSSR count). The van der Waals surface area contributed by atoms with Gasteiger partial charge in [-0.1, -0.05) is 6.92 Å². The molecular formula is C51H61F2N9O4. The zero-order chi connectivity index (χ0) is 46.2. The van der Waals surface area contributed by atoms with Crippen LogP contribution >= 0.6 is 0 Å². The fourth-order valence-electron chi connectivity index (χ4n) is 11.1. The van der Waals surface area contributed by atoms with Gasteiger partial charge in [-0.05, 0) is 136 Å². The average Bonchev–Trinajstić information content (AvgIpc) is 3.66. The van der Waals surface area contributed by atoms with Gasteiger partial charge >= 0.3 is 0 Å². The number of fused-ring (bicyclic) bond motifs is 1. The van der Waals surface area contributed by atoms with Crippen LogP contribution in [-0.2, 0) is 9.59 Å². The fraction of sp³-hybridized carbons (Fsp3) is 0.471. The summed E-state index contributed by atoms with van der Waals surface area (Å²) >= 11 is 0. The lowest BCUT2D eigenvalue weighted by molar-refractivity contribution is -0.133. The first-order valence-corrected chi connectivity index (χ1v) is 23.7. The highest BCUT2D eigenvalue weighted by atomic mass is 19.1. The van der Waals surface area contributed by atoms with Gasteiger partial charge in [-0.15, -0.1) is 0 Å². The number of halogens is 2. The normalized spacial score (nSPS) is 21.6. The number of nitrogens with one attached hydrogen (secondary N) is 3. The first-order chi connectivity index (χ1) is 31.8. The Bertz CT molecular complexity index is 2570. The number of amides is 3. The van der Waals surface area contributed by atoms with E-state index in [4.69, 9.17) is 4.98 Å². The van der Waals surface area contributed by atoms with Crippen molar-refractivity contribution in [3.05, 3.63) is 116 Å². The molecule has 0 bridgehead atoms. The van der Waals surface area contributed by atoms with Crippen molar-refractivity contribution in [2.45, 2.75) is 83.2 Å². The standard InChI is InChI=1S/C51H61F2N9O4/c1-31-25-36(51(66)61-16-10-34(11-17-61)30-58-21-23-60(24-22-58)45-7-5-38(27-41(45)52)56-43-6-8-46(63)57-50(43)65)26-42(53)48(31)35-12-18-59(19-13-35)33(3)39-29-40-44(9-15-55-49(40)32(39)2)62-20-14-37(54-4)28-47(62)64/h5,7,9,14-15,20,25-29,32-35,43,54,56H,6,8,10-13,16-19,21-24,30H2,1-4H3,(H,57,63,65).